The lowest BCUT2D eigenvalue weighted by atomic mass is 9.91. The van der Waals surface area contributed by atoms with Crippen molar-refractivity contribution in [3.63, 3.8) is 0 Å². The van der Waals surface area contributed by atoms with Gasteiger partial charge < -0.3 is 4.74 Å². The van der Waals surface area contributed by atoms with E-state index in [2.05, 4.69) is 6.58 Å². The standard InChI is InChI=1S/C12H22O4/c1-6-12(4,5)11(13)14-7-8-15-16-9-10(2)3/h2,6-9H2,1,3-5H3. The molecule has 0 rings (SSSR count). The number of carbonyl (C=O) groups excluding carboxylic acids is 1. The summed E-state index contributed by atoms with van der Waals surface area (Å²) in [6.07, 6.45) is 0.749. The minimum absolute atomic E-state index is 0.207. The van der Waals surface area contributed by atoms with E-state index < -0.39 is 5.41 Å². The highest BCUT2D eigenvalue weighted by Gasteiger charge is 2.26. The van der Waals surface area contributed by atoms with Crippen LogP contribution in [0.15, 0.2) is 12.2 Å². The van der Waals surface area contributed by atoms with Gasteiger partial charge in [0.05, 0.1) is 5.41 Å². The van der Waals surface area contributed by atoms with Gasteiger partial charge in [-0.25, -0.2) is 9.78 Å². The van der Waals surface area contributed by atoms with Gasteiger partial charge in [0.25, 0.3) is 0 Å². The second-order valence-corrected chi connectivity index (χ2v) is 4.41. The molecule has 0 saturated heterocycles. The molecular weight excluding hydrogens is 208 g/mol. The van der Waals surface area contributed by atoms with Crippen LogP contribution in [-0.2, 0) is 19.3 Å². The van der Waals surface area contributed by atoms with Crippen LogP contribution in [0, 0.1) is 5.41 Å². The molecule has 0 heterocycles. The molecule has 0 aliphatic heterocycles. The van der Waals surface area contributed by atoms with Crippen LogP contribution in [0.5, 0.6) is 0 Å². The third-order valence-corrected chi connectivity index (χ3v) is 2.22. The zero-order chi connectivity index (χ0) is 12.6. The van der Waals surface area contributed by atoms with Crippen LogP contribution in [0.3, 0.4) is 0 Å². The van der Waals surface area contributed by atoms with E-state index in [1.807, 2.05) is 27.7 Å². The third-order valence-electron chi connectivity index (χ3n) is 2.22. The van der Waals surface area contributed by atoms with Gasteiger partial charge in [-0.15, -0.1) is 0 Å². The average molecular weight is 230 g/mol. The van der Waals surface area contributed by atoms with Crippen molar-refractivity contribution in [3.05, 3.63) is 12.2 Å². The van der Waals surface area contributed by atoms with E-state index in [0.29, 0.717) is 6.61 Å². The molecule has 16 heavy (non-hydrogen) atoms. The van der Waals surface area contributed by atoms with Crippen LogP contribution in [0.25, 0.3) is 0 Å². The Balaban J connectivity index is 3.52. The Bertz CT molecular complexity index is 233. The van der Waals surface area contributed by atoms with Crippen molar-refractivity contribution in [2.75, 3.05) is 19.8 Å². The number of esters is 1. The highest BCUT2D eigenvalue weighted by molar-refractivity contribution is 5.75. The van der Waals surface area contributed by atoms with Crippen molar-refractivity contribution in [1.82, 2.24) is 0 Å². The van der Waals surface area contributed by atoms with Crippen molar-refractivity contribution in [2.45, 2.75) is 34.1 Å². The minimum Gasteiger partial charge on any atom is -0.463 e. The second kappa shape index (κ2) is 7.41. The van der Waals surface area contributed by atoms with E-state index in [0.717, 1.165) is 12.0 Å². The molecule has 0 saturated carbocycles. The number of ether oxygens (including phenoxy) is 1. The lowest BCUT2D eigenvalue weighted by Crippen LogP contribution is -2.27. The molecule has 0 amide bonds. The maximum atomic E-state index is 11.5. The number of carbonyl (C=O) groups is 1. The molecule has 0 unspecified atom stereocenters. The Morgan fingerprint density at radius 3 is 2.38 bits per heavy atom. The Kier molecular flexibility index (Phi) is 7.01. The molecule has 0 aromatic heterocycles. The van der Waals surface area contributed by atoms with E-state index in [9.17, 15) is 4.79 Å². The summed E-state index contributed by atoms with van der Waals surface area (Å²) in [5, 5.41) is 0. The van der Waals surface area contributed by atoms with Gasteiger partial charge in [-0.05, 0) is 27.2 Å². The highest BCUT2D eigenvalue weighted by Crippen LogP contribution is 2.21. The molecule has 0 aromatic carbocycles. The van der Waals surface area contributed by atoms with Crippen molar-refractivity contribution in [2.24, 2.45) is 5.41 Å². The first-order chi connectivity index (χ1) is 7.40. The molecule has 4 heteroatoms. The predicted octanol–water partition coefficient (Wildman–Crippen LogP) is 2.49. The Morgan fingerprint density at radius 1 is 1.25 bits per heavy atom. The molecular formula is C12H22O4. The van der Waals surface area contributed by atoms with Crippen LogP contribution in [0.1, 0.15) is 34.1 Å². The number of hydrogen-bond acceptors (Lipinski definition) is 4. The summed E-state index contributed by atoms with van der Waals surface area (Å²) >= 11 is 0. The van der Waals surface area contributed by atoms with Crippen LogP contribution in [0.2, 0.25) is 0 Å². The lowest BCUT2D eigenvalue weighted by molar-refractivity contribution is -0.292. The fourth-order valence-corrected chi connectivity index (χ4v) is 0.709. The van der Waals surface area contributed by atoms with Gasteiger partial charge in [0, 0.05) is 0 Å². The van der Waals surface area contributed by atoms with Crippen LogP contribution < -0.4 is 0 Å². The van der Waals surface area contributed by atoms with Crippen LogP contribution in [-0.4, -0.2) is 25.8 Å². The predicted molar refractivity (Wildman–Crippen MR) is 61.7 cm³/mol. The Morgan fingerprint density at radius 2 is 1.88 bits per heavy atom. The largest absolute Gasteiger partial charge is 0.463 e. The monoisotopic (exact) mass is 230 g/mol. The number of hydrogen-bond donors (Lipinski definition) is 0. The molecule has 0 radical (unpaired) electrons. The Labute approximate surface area is 97.5 Å². The summed E-state index contributed by atoms with van der Waals surface area (Å²) in [5.74, 6) is -0.210. The molecule has 0 aliphatic carbocycles. The van der Waals surface area contributed by atoms with Gasteiger partial charge in [-0.3, -0.25) is 4.79 Å². The van der Waals surface area contributed by atoms with E-state index in [1.54, 1.807) is 0 Å². The molecule has 0 bridgehead atoms. The number of rotatable bonds is 8. The van der Waals surface area contributed by atoms with Crippen LogP contribution in [0.4, 0.5) is 0 Å². The molecule has 0 aliphatic rings. The lowest BCUT2D eigenvalue weighted by Gasteiger charge is -2.20. The fourth-order valence-electron chi connectivity index (χ4n) is 0.709. The first-order valence-electron chi connectivity index (χ1n) is 5.46. The topological polar surface area (TPSA) is 44.8 Å². The van der Waals surface area contributed by atoms with Crippen LogP contribution >= 0.6 is 0 Å². The van der Waals surface area contributed by atoms with E-state index in [-0.39, 0.29) is 19.2 Å². The molecule has 0 fully saturated rings. The SMILES string of the molecule is C=C(C)COOCCOC(=O)C(C)(C)CC. The van der Waals surface area contributed by atoms with E-state index in [1.165, 1.54) is 0 Å². The molecule has 0 N–H and O–H groups in total. The van der Waals surface area contributed by atoms with Gasteiger partial charge in [-0.2, -0.15) is 0 Å². The summed E-state index contributed by atoms with van der Waals surface area (Å²) in [6, 6.07) is 0. The van der Waals surface area contributed by atoms with E-state index >= 15 is 0 Å². The Hall–Kier alpha value is -0.870. The summed E-state index contributed by atoms with van der Waals surface area (Å²) in [6.45, 7) is 12.0. The fraction of sp³-hybridized carbons (Fsp3) is 0.750. The first-order valence-corrected chi connectivity index (χ1v) is 5.46. The molecule has 94 valence electrons. The molecule has 0 atom stereocenters. The third kappa shape index (κ3) is 6.58. The summed E-state index contributed by atoms with van der Waals surface area (Å²) in [4.78, 5) is 21.1. The molecule has 4 nitrogen and oxygen atoms in total. The van der Waals surface area contributed by atoms with Crippen molar-refractivity contribution >= 4 is 5.97 Å². The normalized spacial score (nSPS) is 11.2. The smallest absolute Gasteiger partial charge is 0.311 e. The highest BCUT2D eigenvalue weighted by atomic mass is 17.2. The first kappa shape index (κ1) is 15.1. The maximum absolute atomic E-state index is 11.5. The zero-order valence-corrected chi connectivity index (χ0v) is 10.7. The molecule has 0 spiro atoms. The van der Waals surface area contributed by atoms with Gasteiger partial charge in [0.2, 0.25) is 0 Å². The summed E-state index contributed by atoms with van der Waals surface area (Å²) in [5.41, 5.74) is 0.447. The summed E-state index contributed by atoms with van der Waals surface area (Å²) < 4.78 is 5.04. The van der Waals surface area contributed by atoms with Gasteiger partial charge in [0.15, 0.2) is 0 Å². The van der Waals surface area contributed by atoms with Gasteiger partial charge in [-0.1, -0.05) is 19.1 Å². The van der Waals surface area contributed by atoms with E-state index in [4.69, 9.17) is 14.5 Å². The van der Waals surface area contributed by atoms with Crippen molar-refractivity contribution < 1.29 is 19.3 Å². The maximum Gasteiger partial charge on any atom is 0.311 e. The van der Waals surface area contributed by atoms with Crippen molar-refractivity contribution in [3.8, 4) is 0 Å². The second-order valence-electron chi connectivity index (χ2n) is 4.41. The molecule has 0 aromatic rings. The van der Waals surface area contributed by atoms with Crippen molar-refractivity contribution in [1.29, 1.82) is 0 Å². The summed E-state index contributed by atoms with van der Waals surface area (Å²) in [7, 11) is 0. The quantitative estimate of drug-likeness (QED) is 0.211. The minimum atomic E-state index is -0.432. The zero-order valence-electron chi connectivity index (χ0n) is 10.7. The van der Waals surface area contributed by atoms with Gasteiger partial charge >= 0.3 is 5.97 Å². The van der Waals surface area contributed by atoms with Gasteiger partial charge in [0.1, 0.15) is 19.8 Å². The average Bonchev–Trinajstić information content (AvgIpc) is 2.22.